The Kier molecular flexibility index (Phi) is 3.78. The maximum absolute atomic E-state index is 11.9. The molecule has 21 heavy (non-hydrogen) atoms. The first-order valence-corrected chi connectivity index (χ1v) is 7.65. The van der Waals surface area contributed by atoms with Gasteiger partial charge in [-0.2, -0.15) is 0 Å². The highest BCUT2D eigenvalue weighted by Gasteiger charge is 2.38. The van der Waals surface area contributed by atoms with Gasteiger partial charge in [0.1, 0.15) is 10.3 Å². The van der Waals surface area contributed by atoms with Crippen LogP contribution in [0.3, 0.4) is 0 Å². The molecule has 1 saturated heterocycles. The second-order valence-corrected chi connectivity index (χ2v) is 6.79. The minimum absolute atomic E-state index is 0.0361. The van der Waals surface area contributed by atoms with Crippen molar-refractivity contribution in [1.82, 2.24) is 0 Å². The summed E-state index contributed by atoms with van der Waals surface area (Å²) in [5.41, 5.74) is 5.36. The van der Waals surface area contributed by atoms with Crippen molar-refractivity contribution in [2.24, 2.45) is 5.14 Å². The number of nitrogens with zero attached hydrogens (tertiary/aromatic N) is 2. The molecule has 114 valence electrons. The number of hydrogen-bond acceptors (Lipinski definition) is 6. The number of sulfonamides is 1. The molecule has 1 aromatic rings. The van der Waals surface area contributed by atoms with E-state index in [2.05, 4.69) is 0 Å². The first-order chi connectivity index (χ1) is 9.61. The van der Waals surface area contributed by atoms with E-state index >= 15 is 0 Å². The van der Waals surface area contributed by atoms with Crippen LogP contribution in [0, 0.1) is 10.1 Å². The normalized spacial score (nSPS) is 19.0. The van der Waals surface area contributed by atoms with Crippen molar-refractivity contribution in [2.75, 3.05) is 17.2 Å². The molecule has 0 aliphatic carbocycles. The summed E-state index contributed by atoms with van der Waals surface area (Å²) in [7, 11) is -3.89. The molecule has 1 fully saturated rings. The number of anilines is 2. The highest BCUT2D eigenvalue weighted by atomic mass is 35.5. The summed E-state index contributed by atoms with van der Waals surface area (Å²) in [5.74, 6) is -0.530. The molecule has 0 radical (unpaired) electrons. The molecule has 2 rings (SSSR count). The van der Waals surface area contributed by atoms with Crippen LogP contribution in [0.4, 0.5) is 17.1 Å². The number of nitrogens with two attached hydrogens (primary N) is 2. The van der Waals surface area contributed by atoms with E-state index in [-0.39, 0.29) is 29.4 Å². The molecule has 1 aliphatic rings. The van der Waals surface area contributed by atoms with E-state index in [0.717, 1.165) is 17.0 Å². The predicted molar refractivity (Wildman–Crippen MR) is 76.4 cm³/mol. The van der Waals surface area contributed by atoms with E-state index in [9.17, 15) is 23.3 Å². The minimum Gasteiger partial charge on any atom is -0.397 e. The van der Waals surface area contributed by atoms with Crippen LogP contribution in [0.5, 0.6) is 0 Å². The number of hydrogen-bond donors (Lipinski definition) is 2. The Balaban J connectivity index is 2.45. The summed E-state index contributed by atoms with van der Waals surface area (Å²) in [6.45, 7) is -0.208. The third kappa shape index (κ3) is 2.91. The van der Waals surface area contributed by atoms with Gasteiger partial charge in [-0.1, -0.05) is 11.6 Å². The van der Waals surface area contributed by atoms with E-state index in [1.807, 2.05) is 0 Å². The van der Waals surface area contributed by atoms with Gasteiger partial charge in [0.05, 0.1) is 16.3 Å². The second-order valence-electron chi connectivity index (χ2n) is 4.54. The molecule has 0 aromatic heterocycles. The van der Waals surface area contributed by atoms with Crippen LogP contribution in [-0.4, -0.2) is 31.0 Å². The standard InChI is InChI=1S/C10H11ClN4O5S/c11-6-2-7(12)9(3-8(6)15(17)18)14-4-5(1-10(14)16)21(13,19)20/h2-3,5H,1,4,12H2,(H2,13,19,20). The largest absolute Gasteiger partial charge is 0.397 e. The number of primary sulfonamides is 1. The molecule has 1 amide bonds. The minimum atomic E-state index is -3.89. The Morgan fingerprint density at radius 3 is 2.52 bits per heavy atom. The summed E-state index contributed by atoms with van der Waals surface area (Å²) in [6, 6.07) is 2.19. The van der Waals surface area contributed by atoms with Crippen LogP contribution in [-0.2, 0) is 14.8 Å². The molecule has 1 aromatic carbocycles. The Labute approximate surface area is 124 Å². The SMILES string of the molecule is Nc1cc(Cl)c([N+](=O)[O-])cc1N1CC(S(N)(=O)=O)CC1=O. The monoisotopic (exact) mass is 334 g/mol. The fraction of sp³-hybridized carbons (Fsp3) is 0.300. The average molecular weight is 335 g/mol. The van der Waals surface area contributed by atoms with Crippen LogP contribution >= 0.6 is 11.6 Å². The van der Waals surface area contributed by atoms with Crippen LogP contribution in [0.1, 0.15) is 6.42 Å². The summed E-state index contributed by atoms with van der Waals surface area (Å²) < 4.78 is 22.6. The van der Waals surface area contributed by atoms with Gasteiger partial charge in [0.25, 0.3) is 5.69 Å². The van der Waals surface area contributed by atoms with Crippen molar-refractivity contribution in [3.63, 3.8) is 0 Å². The maximum Gasteiger partial charge on any atom is 0.290 e. The summed E-state index contributed by atoms with van der Waals surface area (Å²) >= 11 is 5.70. The van der Waals surface area contributed by atoms with Gasteiger partial charge in [-0.25, -0.2) is 13.6 Å². The molecule has 4 N–H and O–H groups in total. The lowest BCUT2D eigenvalue weighted by molar-refractivity contribution is -0.384. The Morgan fingerprint density at radius 2 is 2.05 bits per heavy atom. The number of benzene rings is 1. The molecule has 9 nitrogen and oxygen atoms in total. The zero-order valence-corrected chi connectivity index (χ0v) is 12.1. The average Bonchev–Trinajstić information content (AvgIpc) is 2.70. The molecule has 0 bridgehead atoms. The molecule has 1 aliphatic heterocycles. The summed E-state index contributed by atoms with van der Waals surface area (Å²) in [6.07, 6.45) is -0.297. The zero-order chi connectivity index (χ0) is 15.9. The van der Waals surface area contributed by atoms with E-state index in [1.54, 1.807) is 0 Å². The number of halogens is 1. The lowest BCUT2D eigenvalue weighted by atomic mass is 10.2. The van der Waals surface area contributed by atoms with E-state index < -0.39 is 31.8 Å². The first kappa shape index (κ1) is 15.5. The first-order valence-electron chi connectivity index (χ1n) is 5.66. The molecule has 0 spiro atoms. The molecular formula is C10H11ClN4O5S. The van der Waals surface area contributed by atoms with Gasteiger partial charge in [0.2, 0.25) is 15.9 Å². The summed E-state index contributed by atoms with van der Waals surface area (Å²) in [5, 5.41) is 14.6. The van der Waals surface area contributed by atoms with Crippen molar-refractivity contribution in [1.29, 1.82) is 0 Å². The van der Waals surface area contributed by atoms with Crippen LogP contribution in [0.25, 0.3) is 0 Å². The number of nitrogen functional groups attached to an aromatic ring is 1. The topological polar surface area (TPSA) is 150 Å². The Hall–Kier alpha value is -1.91. The van der Waals surface area contributed by atoms with Crippen LogP contribution < -0.4 is 15.8 Å². The number of rotatable bonds is 3. The Bertz CT molecular complexity index is 735. The number of carbonyl (C=O) groups excluding carboxylic acids is 1. The lowest BCUT2D eigenvalue weighted by Gasteiger charge is -2.18. The molecule has 1 unspecified atom stereocenters. The van der Waals surface area contributed by atoms with Gasteiger partial charge >= 0.3 is 0 Å². The quantitative estimate of drug-likeness (QED) is 0.458. The van der Waals surface area contributed by atoms with E-state index in [1.165, 1.54) is 0 Å². The molecule has 11 heteroatoms. The number of nitro benzene ring substituents is 1. The van der Waals surface area contributed by atoms with Crippen LogP contribution in [0.15, 0.2) is 12.1 Å². The Morgan fingerprint density at radius 1 is 1.43 bits per heavy atom. The van der Waals surface area contributed by atoms with Crippen molar-refractivity contribution in [2.45, 2.75) is 11.7 Å². The third-order valence-electron chi connectivity index (χ3n) is 3.14. The molecule has 1 heterocycles. The fourth-order valence-corrected chi connectivity index (χ4v) is 3.04. The van der Waals surface area contributed by atoms with Gasteiger partial charge in [-0.3, -0.25) is 14.9 Å². The van der Waals surface area contributed by atoms with Gasteiger partial charge in [0.15, 0.2) is 0 Å². The highest BCUT2D eigenvalue weighted by Crippen LogP contribution is 2.36. The number of carbonyl (C=O) groups is 1. The van der Waals surface area contributed by atoms with E-state index in [0.29, 0.717) is 0 Å². The second kappa shape index (κ2) is 5.13. The maximum atomic E-state index is 11.9. The zero-order valence-electron chi connectivity index (χ0n) is 10.5. The van der Waals surface area contributed by atoms with Crippen LogP contribution in [0.2, 0.25) is 5.02 Å². The molecular weight excluding hydrogens is 324 g/mol. The smallest absolute Gasteiger partial charge is 0.290 e. The third-order valence-corrected chi connectivity index (χ3v) is 4.69. The lowest BCUT2D eigenvalue weighted by Crippen LogP contribution is -2.32. The number of amides is 1. The molecule has 0 saturated carbocycles. The van der Waals surface area contributed by atoms with Gasteiger partial charge in [-0.15, -0.1) is 0 Å². The van der Waals surface area contributed by atoms with Crippen molar-refractivity contribution >= 4 is 44.6 Å². The van der Waals surface area contributed by atoms with Crippen molar-refractivity contribution in [3.05, 3.63) is 27.3 Å². The van der Waals surface area contributed by atoms with Crippen molar-refractivity contribution in [3.8, 4) is 0 Å². The van der Waals surface area contributed by atoms with Gasteiger partial charge in [-0.05, 0) is 6.07 Å². The van der Waals surface area contributed by atoms with Gasteiger partial charge < -0.3 is 10.6 Å². The molecule has 1 atom stereocenters. The van der Waals surface area contributed by atoms with E-state index in [4.69, 9.17) is 22.5 Å². The number of nitro groups is 1. The highest BCUT2D eigenvalue weighted by molar-refractivity contribution is 7.89. The fourth-order valence-electron chi connectivity index (χ4n) is 2.07. The van der Waals surface area contributed by atoms with Gasteiger partial charge in [0, 0.05) is 19.0 Å². The summed E-state index contributed by atoms with van der Waals surface area (Å²) in [4.78, 5) is 23.1. The van der Waals surface area contributed by atoms with Crippen molar-refractivity contribution < 1.29 is 18.1 Å². The predicted octanol–water partition coefficient (Wildman–Crippen LogP) is 0.224.